The van der Waals surface area contributed by atoms with Gasteiger partial charge in [0.05, 0.1) is 16.7 Å². The number of anilines is 2. The van der Waals surface area contributed by atoms with Crippen LogP contribution in [0.2, 0.25) is 0 Å². The highest BCUT2D eigenvalue weighted by molar-refractivity contribution is 7.89. The molecule has 0 aliphatic heterocycles. The van der Waals surface area contributed by atoms with Gasteiger partial charge in [-0.2, -0.15) is 0 Å². The Morgan fingerprint density at radius 3 is 2.58 bits per heavy atom. The summed E-state index contributed by atoms with van der Waals surface area (Å²) >= 11 is 0. The molecule has 5 aromatic heterocycles. The Kier molecular flexibility index (Phi) is 4.98. The number of aromatic amines is 1. The molecule has 4 N–H and O–H groups in total. The van der Waals surface area contributed by atoms with Crippen molar-refractivity contribution in [3.8, 4) is 17.3 Å². The van der Waals surface area contributed by atoms with Crippen molar-refractivity contribution >= 4 is 43.6 Å². The highest BCUT2D eigenvalue weighted by Gasteiger charge is 2.17. The van der Waals surface area contributed by atoms with E-state index in [1.165, 1.54) is 12.1 Å². The summed E-state index contributed by atoms with van der Waals surface area (Å²) in [6.07, 6.45) is 5.17. The van der Waals surface area contributed by atoms with Crippen LogP contribution >= 0.6 is 0 Å². The summed E-state index contributed by atoms with van der Waals surface area (Å²) in [5.74, 6) is 1.70. The molecule has 0 aliphatic rings. The van der Waals surface area contributed by atoms with E-state index in [-0.39, 0.29) is 4.90 Å². The monoisotopic (exact) mass is 497 g/mol. The first-order chi connectivity index (χ1) is 17.4. The number of H-pyrrole nitrogens is 1. The molecule has 12 heteroatoms. The first-order valence-electron chi connectivity index (χ1n) is 10.9. The normalized spacial score (nSPS) is 11.8. The molecule has 0 fully saturated rings. The summed E-state index contributed by atoms with van der Waals surface area (Å²) in [6, 6.07) is 15.7. The molecule has 0 saturated carbocycles. The Morgan fingerprint density at radius 2 is 1.81 bits per heavy atom. The number of rotatable bonds is 5. The number of nitrogens with one attached hydrogen (secondary N) is 2. The van der Waals surface area contributed by atoms with Gasteiger partial charge in [0.15, 0.2) is 17.3 Å². The largest absolute Gasteiger partial charge is 0.340 e. The maximum Gasteiger partial charge on any atom is 0.238 e. The van der Waals surface area contributed by atoms with Gasteiger partial charge in [-0.05, 0) is 55.5 Å². The summed E-state index contributed by atoms with van der Waals surface area (Å²) < 4.78 is 25.0. The van der Waals surface area contributed by atoms with Crippen LogP contribution in [0.15, 0.2) is 78.2 Å². The fourth-order valence-corrected chi connectivity index (χ4v) is 4.51. The fourth-order valence-electron chi connectivity index (χ4n) is 3.99. The molecule has 6 aromatic rings. The van der Waals surface area contributed by atoms with Gasteiger partial charge in [0.1, 0.15) is 17.0 Å². The van der Waals surface area contributed by atoms with Crippen molar-refractivity contribution in [2.75, 3.05) is 5.32 Å². The zero-order chi connectivity index (χ0) is 24.9. The lowest BCUT2D eigenvalue weighted by Crippen LogP contribution is -2.11. The minimum absolute atomic E-state index is 0.0385. The number of sulfonamides is 1. The van der Waals surface area contributed by atoms with Crippen LogP contribution in [0.4, 0.5) is 11.5 Å². The predicted octanol–water partition coefficient (Wildman–Crippen LogP) is 3.45. The van der Waals surface area contributed by atoms with Gasteiger partial charge in [-0.3, -0.25) is 4.57 Å². The Labute approximate surface area is 205 Å². The second-order valence-corrected chi connectivity index (χ2v) is 9.67. The van der Waals surface area contributed by atoms with Crippen molar-refractivity contribution in [1.82, 2.24) is 34.5 Å². The third-order valence-electron chi connectivity index (χ3n) is 5.67. The van der Waals surface area contributed by atoms with Gasteiger partial charge in [0, 0.05) is 29.2 Å². The summed E-state index contributed by atoms with van der Waals surface area (Å²) in [6.45, 7) is 1.92. The molecule has 1 aromatic carbocycles. The number of hydrogen-bond donors (Lipinski definition) is 3. The standard InChI is InChI=1S/C24H19N9O2S/c1-14-3-2-4-18(29-14)22-31-23-20(27-13-28-23)24(32-22)33-12-10-17-19(33)9-11-26-21(17)30-15-5-7-16(8-6-15)36(25,34)35/h2-13H,1H3,(H,26,30)(H2,25,34,35)(H,27,28,31,32). The first kappa shape index (κ1) is 21.8. The van der Waals surface area contributed by atoms with Crippen LogP contribution in [-0.4, -0.2) is 42.9 Å². The molecule has 36 heavy (non-hydrogen) atoms. The lowest BCUT2D eigenvalue weighted by atomic mass is 10.2. The van der Waals surface area contributed by atoms with E-state index in [1.54, 1.807) is 24.7 Å². The summed E-state index contributed by atoms with van der Waals surface area (Å²) in [5.41, 5.74) is 4.26. The number of hydrogen-bond acceptors (Lipinski definition) is 8. The van der Waals surface area contributed by atoms with Gasteiger partial charge in [-0.15, -0.1) is 0 Å². The van der Waals surface area contributed by atoms with E-state index in [9.17, 15) is 8.42 Å². The molecule has 11 nitrogen and oxygen atoms in total. The number of aryl methyl sites for hydroxylation is 1. The first-order valence-corrected chi connectivity index (χ1v) is 12.4. The Bertz CT molecular complexity index is 1860. The van der Waals surface area contributed by atoms with Gasteiger partial charge in [0.25, 0.3) is 0 Å². The molecule has 0 atom stereocenters. The Hall–Kier alpha value is -4.68. The molecule has 0 aliphatic carbocycles. The van der Waals surface area contributed by atoms with Crippen molar-refractivity contribution in [2.45, 2.75) is 11.8 Å². The molecule has 0 unspecified atom stereocenters. The Balaban J connectivity index is 1.45. The fraction of sp³-hybridized carbons (Fsp3) is 0.0417. The molecule has 178 valence electrons. The summed E-state index contributed by atoms with van der Waals surface area (Å²) in [5, 5.41) is 9.28. The number of primary sulfonamides is 1. The predicted molar refractivity (Wildman–Crippen MR) is 135 cm³/mol. The van der Waals surface area contributed by atoms with Gasteiger partial charge in [-0.1, -0.05) is 6.07 Å². The molecule has 5 heterocycles. The van der Waals surface area contributed by atoms with Gasteiger partial charge >= 0.3 is 0 Å². The molecule has 0 bridgehead atoms. The number of aromatic nitrogens is 7. The van der Waals surface area contributed by atoms with Crippen LogP contribution in [0.5, 0.6) is 0 Å². The van der Waals surface area contributed by atoms with Gasteiger partial charge in [-0.25, -0.2) is 38.5 Å². The van der Waals surface area contributed by atoms with E-state index in [2.05, 4.69) is 30.2 Å². The number of pyridine rings is 2. The summed E-state index contributed by atoms with van der Waals surface area (Å²) in [7, 11) is -3.77. The quantitative estimate of drug-likeness (QED) is 0.327. The SMILES string of the molecule is Cc1cccc(-c2nc(-n3ccc4c(Nc5ccc(S(N)(=O)=O)cc5)nccc43)c3[nH]cnc3n2)n1. The minimum Gasteiger partial charge on any atom is -0.340 e. The molecule has 0 spiro atoms. The molecule has 0 amide bonds. The topological polar surface area (TPSA) is 157 Å². The highest BCUT2D eigenvalue weighted by Crippen LogP contribution is 2.30. The van der Waals surface area contributed by atoms with Crippen LogP contribution < -0.4 is 10.5 Å². The molecular weight excluding hydrogens is 478 g/mol. The molecule has 0 saturated heterocycles. The van der Waals surface area contributed by atoms with Crippen LogP contribution in [0.25, 0.3) is 39.4 Å². The van der Waals surface area contributed by atoms with E-state index in [0.29, 0.717) is 40.0 Å². The second-order valence-electron chi connectivity index (χ2n) is 8.11. The van der Waals surface area contributed by atoms with Gasteiger partial charge < -0.3 is 10.3 Å². The number of nitrogens with two attached hydrogens (primary N) is 1. The molecular formula is C24H19N9O2S. The average Bonchev–Trinajstić information content (AvgIpc) is 3.51. The van der Waals surface area contributed by atoms with Crippen molar-refractivity contribution < 1.29 is 8.42 Å². The highest BCUT2D eigenvalue weighted by atomic mass is 32.2. The van der Waals surface area contributed by atoms with Crippen molar-refractivity contribution in [2.24, 2.45) is 5.14 Å². The van der Waals surface area contributed by atoms with Crippen LogP contribution in [0, 0.1) is 6.92 Å². The van der Waals surface area contributed by atoms with E-state index >= 15 is 0 Å². The van der Waals surface area contributed by atoms with Crippen LogP contribution in [0.1, 0.15) is 5.69 Å². The second kappa shape index (κ2) is 8.22. The zero-order valence-electron chi connectivity index (χ0n) is 18.9. The van der Waals surface area contributed by atoms with E-state index < -0.39 is 10.0 Å². The van der Waals surface area contributed by atoms with Crippen LogP contribution in [-0.2, 0) is 10.0 Å². The smallest absolute Gasteiger partial charge is 0.238 e. The number of imidazole rings is 1. The number of benzene rings is 1. The third kappa shape index (κ3) is 3.83. The van der Waals surface area contributed by atoms with Crippen LogP contribution in [0.3, 0.4) is 0 Å². The van der Waals surface area contributed by atoms with E-state index in [1.807, 2.05) is 48.0 Å². The van der Waals surface area contributed by atoms with E-state index in [4.69, 9.17) is 10.1 Å². The average molecular weight is 498 g/mol. The third-order valence-corrected chi connectivity index (χ3v) is 6.60. The lowest BCUT2D eigenvalue weighted by Gasteiger charge is -2.10. The van der Waals surface area contributed by atoms with Gasteiger partial charge in [0.2, 0.25) is 10.0 Å². The van der Waals surface area contributed by atoms with Crippen molar-refractivity contribution in [3.05, 3.63) is 79.0 Å². The molecule has 0 radical (unpaired) electrons. The zero-order valence-corrected chi connectivity index (χ0v) is 19.7. The van der Waals surface area contributed by atoms with Crippen molar-refractivity contribution in [1.29, 1.82) is 0 Å². The van der Waals surface area contributed by atoms with E-state index in [0.717, 1.165) is 16.6 Å². The maximum absolute atomic E-state index is 11.5. The Morgan fingerprint density at radius 1 is 0.972 bits per heavy atom. The minimum atomic E-state index is -3.77. The summed E-state index contributed by atoms with van der Waals surface area (Å²) in [4.78, 5) is 26.0. The number of nitrogens with zero attached hydrogens (tertiary/aromatic N) is 6. The maximum atomic E-state index is 11.5. The van der Waals surface area contributed by atoms with Crippen molar-refractivity contribution in [3.63, 3.8) is 0 Å². The number of fused-ring (bicyclic) bond motifs is 2. The lowest BCUT2D eigenvalue weighted by molar-refractivity contribution is 0.598. The molecule has 6 rings (SSSR count).